The molecule has 0 radical (unpaired) electrons. The number of hydrogen-bond acceptors (Lipinski definition) is 2. The lowest BCUT2D eigenvalue weighted by Gasteiger charge is -2.01. The monoisotopic (exact) mass is 208 g/mol. The highest BCUT2D eigenvalue weighted by Gasteiger charge is 2.00. The van der Waals surface area contributed by atoms with Crippen LogP contribution in [0.25, 0.3) is 0 Å². The first-order chi connectivity index (χ1) is 6.93. The Hall–Kier alpha value is -1.31. The normalized spacial score (nSPS) is 10.8. The summed E-state index contributed by atoms with van der Waals surface area (Å²) < 4.78 is 4.95. The molecule has 0 heterocycles. The smallest absolute Gasteiger partial charge is 0.333 e. The number of hydrogen-bond donors (Lipinski definition) is 0. The lowest BCUT2D eigenvalue weighted by atomic mass is 10.1. The molecule has 2 nitrogen and oxygen atoms in total. The molecule has 0 amide bonds. The summed E-state index contributed by atoms with van der Waals surface area (Å²) in [7, 11) is 0. The van der Waals surface area contributed by atoms with Gasteiger partial charge in [-0.05, 0) is 40.2 Å². The van der Waals surface area contributed by atoms with E-state index in [4.69, 9.17) is 4.74 Å². The molecule has 0 aliphatic carbocycles. The molecule has 0 unspecified atom stereocenters. The van der Waals surface area contributed by atoms with Crippen molar-refractivity contribution in [3.63, 3.8) is 0 Å². The van der Waals surface area contributed by atoms with E-state index in [2.05, 4.69) is 26.5 Å². The molecule has 0 rings (SSSR count). The van der Waals surface area contributed by atoms with E-state index in [0.29, 0.717) is 12.2 Å². The molecule has 84 valence electrons. The standard InChI is InChI=1S/C13H20O2/c1-10(2)6-7-12(5)8-9-15-13(14)11(3)4/h6,8H,3,7,9H2,1-2,4-5H3/b12-8+. The lowest BCUT2D eigenvalue weighted by Crippen LogP contribution is -2.04. The van der Waals surface area contributed by atoms with E-state index in [-0.39, 0.29) is 5.97 Å². The van der Waals surface area contributed by atoms with E-state index in [1.165, 1.54) is 11.1 Å². The van der Waals surface area contributed by atoms with Crippen LogP contribution in [0.15, 0.2) is 35.5 Å². The topological polar surface area (TPSA) is 26.3 Å². The molecule has 0 aliphatic heterocycles. The van der Waals surface area contributed by atoms with Gasteiger partial charge in [-0.25, -0.2) is 4.79 Å². The van der Waals surface area contributed by atoms with Gasteiger partial charge in [0.05, 0.1) is 0 Å². The summed E-state index contributed by atoms with van der Waals surface area (Å²) in [4.78, 5) is 11.0. The second-order valence-corrected chi connectivity index (χ2v) is 3.91. The van der Waals surface area contributed by atoms with E-state index < -0.39 is 0 Å². The van der Waals surface area contributed by atoms with Crippen LogP contribution in [0.4, 0.5) is 0 Å². The van der Waals surface area contributed by atoms with Crippen molar-refractivity contribution in [2.24, 2.45) is 0 Å². The number of ether oxygens (including phenoxy) is 1. The van der Waals surface area contributed by atoms with Crippen LogP contribution >= 0.6 is 0 Å². The number of allylic oxidation sites excluding steroid dienone is 3. The Balaban J connectivity index is 3.92. The van der Waals surface area contributed by atoms with Gasteiger partial charge in [0, 0.05) is 5.57 Å². The largest absolute Gasteiger partial charge is 0.458 e. The summed E-state index contributed by atoms with van der Waals surface area (Å²) in [6.07, 6.45) is 4.97. The molecule has 0 bridgehead atoms. The zero-order valence-electron chi connectivity index (χ0n) is 10.1. The molecule has 0 N–H and O–H groups in total. The van der Waals surface area contributed by atoms with Crippen LogP contribution in [0, 0.1) is 0 Å². The highest BCUT2D eigenvalue weighted by molar-refractivity contribution is 5.86. The first-order valence-corrected chi connectivity index (χ1v) is 5.05. The third kappa shape index (κ3) is 7.74. The van der Waals surface area contributed by atoms with E-state index >= 15 is 0 Å². The van der Waals surface area contributed by atoms with E-state index in [0.717, 1.165) is 6.42 Å². The summed E-state index contributed by atoms with van der Waals surface area (Å²) in [5.41, 5.74) is 2.93. The van der Waals surface area contributed by atoms with Crippen LogP contribution in [-0.4, -0.2) is 12.6 Å². The molecule has 0 aromatic rings. The minimum Gasteiger partial charge on any atom is -0.458 e. The van der Waals surface area contributed by atoms with E-state index in [9.17, 15) is 4.79 Å². The average Bonchev–Trinajstić information content (AvgIpc) is 2.14. The van der Waals surface area contributed by atoms with Gasteiger partial charge in [0.1, 0.15) is 6.61 Å². The molecule has 0 aromatic carbocycles. The molecule has 0 fully saturated rings. The highest BCUT2D eigenvalue weighted by Crippen LogP contribution is 2.04. The van der Waals surface area contributed by atoms with Gasteiger partial charge in [0.2, 0.25) is 0 Å². The maximum Gasteiger partial charge on any atom is 0.333 e. The van der Waals surface area contributed by atoms with Crippen molar-refractivity contribution in [1.82, 2.24) is 0 Å². The Morgan fingerprint density at radius 1 is 1.20 bits per heavy atom. The van der Waals surface area contributed by atoms with Gasteiger partial charge in [0.15, 0.2) is 0 Å². The fourth-order valence-electron chi connectivity index (χ4n) is 0.831. The summed E-state index contributed by atoms with van der Waals surface area (Å²) in [6.45, 7) is 11.6. The molecule has 15 heavy (non-hydrogen) atoms. The zero-order chi connectivity index (χ0) is 11.8. The second kappa shape index (κ2) is 7.04. The second-order valence-electron chi connectivity index (χ2n) is 3.91. The summed E-state index contributed by atoms with van der Waals surface area (Å²) in [5, 5.41) is 0. The Labute approximate surface area is 92.3 Å². The molecular formula is C13H20O2. The van der Waals surface area contributed by atoms with Crippen molar-refractivity contribution < 1.29 is 9.53 Å². The fourth-order valence-corrected chi connectivity index (χ4v) is 0.831. The first kappa shape index (κ1) is 13.7. The van der Waals surface area contributed by atoms with Crippen molar-refractivity contribution in [3.8, 4) is 0 Å². The van der Waals surface area contributed by atoms with Crippen molar-refractivity contribution in [3.05, 3.63) is 35.5 Å². The quantitative estimate of drug-likeness (QED) is 0.393. The Kier molecular flexibility index (Phi) is 6.43. The maximum absolute atomic E-state index is 11.0. The molecule has 0 spiro atoms. The molecule has 0 saturated carbocycles. The SMILES string of the molecule is C=C(C)C(=O)OC/C=C(\C)CC=C(C)C. The van der Waals surface area contributed by atoms with Gasteiger partial charge in [-0.1, -0.05) is 23.8 Å². The van der Waals surface area contributed by atoms with Gasteiger partial charge in [-0.3, -0.25) is 0 Å². The van der Waals surface area contributed by atoms with Gasteiger partial charge < -0.3 is 4.74 Å². The predicted octanol–water partition coefficient (Wildman–Crippen LogP) is 3.41. The Bertz CT molecular complexity index is 292. The fraction of sp³-hybridized carbons (Fsp3) is 0.462. The summed E-state index contributed by atoms with van der Waals surface area (Å²) in [6, 6.07) is 0. The minimum absolute atomic E-state index is 0.328. The molecule has 0 aliphatic rings. The van der Waals surface area contributed by atoms with Crippen LogP contribution in [-0.2, 0) is 9.53 Å². The number of carbonyl (C=O) groups is 1. The number of esters is 1. The Morgan fingerprint density at radius 2 is 1.80 bits per heavy atom. The lowest BCUT2D eigenvalue weighted by molar-refractivity contribution is -0.137. The zero-order valence-corrected chi connectivity index (χ0v) is 10.1. The van der Waals surface area contributed by atoms with Gasteiger partial charge >= 0.3 is 5.97 Å². The molecule has 0 saturated heterocycles. The molecular weight excluding hydrogens is 188 g/mol. The Morgan fingerprint density at radius 3 is 2.27 bits per heavy atom. The van der Waals surface area contributed by atoms with E-state index in [1.54, 1.807) is 6.92 Å². The van der Waals surface area contributed by atoms with Crippen LogP contribution < -0.4 is 0 Å². The third-order valence-corrected chi connectivity index (χ3v) is 1.83. The first-order valence-electron chi connectivity index (χ1n) is 5.05. The maximum atomic E-state index is 11.0. The van der Waals surface area contributed by atoms with Crippen LogP contribution in [0.3, 0.4) is 0 Å². The predicted molar refractivity (Wildman–Crippen MR) is 63.6 cm³/mol. The third-order valence-electron chi connectivity index (χ3n) is 1.83. The summed E-state index contributed by atoms with van der Waals surface area (Å²) in [5.74, 6) is -0.332. The van der Waals surface area contributed by atoms with E-state index in [1.807, 2.05) is 13.0 Å². The van der Waals surface area contributed by atoms with Crippen LogP contribution in [0.1, 0.15) is 34.1 Å². The van der Waals surface area contributed by atoms with Gasteiger partial charge in [0.25, 0.3) is 0 Å². The van der Waals surface area contributed by atoms with Crippen molar-refractivity contribution >= 4 is 5.97 Å². The molecule has 0 atom stereocenters. The number of carbonyl (C=O) groups excluding carboxylic acids is 1. The minimum atomic E-state index is -0.332. The number of rotatable bonds is 5. The van der Waals surface area contributed by atoms with Crippen LogP contribution in [0.5, 0.6) is 0 Å². The van der Waals surface area contributed by atoms with Crippen LogP contribution in [0.2, 0.25) is 0 Å². The highest BCUT2D eigenvalue weighted by atomic mass is 16.5. The molecule has 0 aromatic heterocycles. The van der Waals surface area contributed by atoms with Crippen molar-refractivity contribution in [2.45, 2.75) is 34.1 Å². The van der Waals surface area contributed by atoms with Gasteiger partial charge in [-0.15, -0.1) is 0 Å². The average molecular weight is 208 g/mol. The van der Waals surface area contributed by atoms with Gasteiger partial charge in [-0.2, -0.15) is 0 Å². The summed E-state index contributed by atoms with van der Waals surface area (Å²) >= 11 is 0. The van der Waals surface area contributed by atoms with Crippen molar-refractivity contribution in [1.29, 1.82) is 0 Å². The van der Waals surface area contributed by atoms with Crippen molar-refractivity contribution in [2.75, 3.05) is 6.61 Å². The molecule has 2 heteroatoms.